The molecule has 0 unspecified atom stereocenters. The van der Waals surface area contributed by atoms with Gasteiger partial charge in [0, 0.05) is 23.0 Å². The van der Waals surface area contributed by atoms with E-state index in [1.807, 2.05) is 6.07 Å². The second kappa shape index (κ2) is 9.74. The van der Waals surface area contributed by atoms with E-state index in [0.717, 1.165) is 0 Å². The molecule has 33 heavy (non-hydrogen) atoms. The Bertz CT molecular complexity index is 1310. The Morgan fingerprint density at radius 3 is 2.36 bits per heavy atom. The topological polar surface area (TPSA) is 90.3 Å². The molecule has 1 amide bonds. The molecule has 0 bridgehead atoms. The molecule has 7 heteroatoms. The second-order valence-electron chi connectivity index (χ2n) is 7.11. The largest absolute Gasteiger partial charge is 0.461 e. The summed E-state index contributed by atoms with van der Waals surface area (Å²) in [5.74, 6) is -1.13. The van der Waals surface area contributed by atoms with Crippen molar-refractivity contribution in [3.8, 4) is 5.69 Å². The van der Waals surface area contributed by atoms with Crippen LogP contribution in [0, 0.1) is 0 Å². The number of ether oxygens (including phenoxy) is 1. The lowest BCUT2D eigenvalue weighted by Gasteiger charge is -2.11. The van der Waals surface area contributed by atoms with Gasteiger partial charge < -0.3 is 10.1 Å². The van der Waals surface area contributed by atoms with E-state index in [0.29, 0.717) is 22.5 Å². The van der Waals surface area contributed by atoms with E-state index in [-0.39, 0.29) is 23.6 Å². The van der Waals surface area contributed by atoms with Crippen molar-refractivity contribution in [1.29, 1.82) is 0 Å². The fraction of sp³-hybridized carbons (Fsp3) is 0.0769. The highest BCUT2D eigenvalue weighted by Crippen LogP contribution is 2.19. The molecule has 4 aromatic rings. The number of carbonyl (C=O) groups excluding carboxylic acids is 3. The number of anilines is 1. The van der Waals surface area contributed by atoms with Crippen LogP contribution < -0.4 is 5.32 Å². The molecule has 1 aromatic heterocycles. The van der Waals surface area contributed by atoms with Crippen molar-refractivity contribution in [2.75, 3.05) is 11.9 Å². The Labute approximate surface area is 190 Å². The molecule has 0 saturated heterocycles. The summed E-state index contributed by atoms with van der Waals surface area (Å²) in [5, 5.41) is 7.07. The van der Waals surface area contributed by atoms with Crippen molar-refractivity contribution in [3.05, 3.63) is 114 Å². The van der Waals surface area contributed by atoms with E-state index in [9.17, 15) is 14.4 Å². The lowest BCUT2D eigenvalue weighted by molar-refractivity contribution is 0.0518. The molecular weight excluding hydrogens is 418 g/mol. The van der Waals surface area contributed by atoms with E-state index in [4.69, 9.17) is 4.74 Å². The summed E-state index contributed by atoms with van der Waals surface area (Å²) in [5.41, 5.74) is 2.48. The second-order valence-corrected chi connectivity index (χ2v) is 7.11. The highest BCUT2D eigenvalue weighted by molar-refractivity contribution is 6.17. The fourth-order valence-electron chi connectivity index (χ4n) is 3.33. The monoisotopic (exact) mass is 439 g/mol. The van der Waals surface area contributed by atoms with Gasteiger partial charge in [0.1, 0.15) is 0 Å². The number of nitrogens with one attached hydrogen (secondary N) is 1. The molecule has 1 heterocycles. The number of carbonyl (C=O) groups is 3. The molecule has 0 aliphatic rings. The van der Waals surface area contributed by atoms with E-state index in [1.54, 1.807) is 92.0 Å². The Morgan fingerprint density at radius 1 is 0.879 bits per heavy atom. The van der Waals surface area contributed by atoms with Crippen molar-refractivity contribution in [1.82, 2.24) is 9.78 Å². The first-order valence-corrected chi connectivity index (χ1v) is 10.4. The molecule has 164 valence electrons. The van der Waals surface area contributed by atoms with Crippen LogP contribution in [0.25, 0.3) is 5.69 Å². The molecular formula is C26H21N3O4. The van der Waals surface area contributed by atoms with Gasteiger partial charge in [-0.05, 0) is 37.3 Å². The minimum absolute atomic E-state index is 0.194. The quantitative estimate of drug-likeness (QED) is 0.337. The van der Waals surface area contributed by atoms with Crippen molar-refractivity contribution >= 4 is 23.3 Å². The van der Waals surface area contributed by atoms with Crippen molar-refractivity contribution in [2.45, 2.75) is 6.92 Å². The van der Waals surface area contributed by atoms with E-state index < -0.39 is 11.9 Å². The van der Waals surface area contributed by atoms with E-state index in [1.165, 1.54) is 4.68 Å². The number of nitrogens with zero attached hydrogens (tertiary/aromatic N) is 2. The highest BCUT2D eigenvalue weighted by Gasteiger charge is 2.18. The number of rotatable bonds is 7. The normalized spacial score (nSPS) is 10.5. The van der Waals surface area contributed by atoms with Crippen molar-refractivity contribution in [2.24, 2.45) is 0 Å². The van der Waals surface area contributed by atoms with Crippen molar-refractivity contribution in [3.63, 3.8) is 0 Å². The number of amides is 1. The third-order valence-corrected chi connectivity index (χ3v) is 4.89. The molecule has 7 nitrogen and oxygen atoms in total. The number of benzene rings is 3. The maximum Gasteiger partial charge on any atom is 0.358 e. The van der Waals surface area contributed by atoms with Gasteiger partial charge in [-0.3, -0.25) is 9.59 Å². The predicted octanol–water partition coefficient (Wildman–Crippen LogP) is 4.53. The maximum atomic E-state index is 13.0. The van der Waals surface area contributed by atoms with Crippen LogP contribution in [0.2, 0.25) is 0 Å². The van der Waals surface area contributed by atoms with Crippen LogP contribution in [-0.4, -0.2) is 34.0 Å². The third-order valence-electron chi connectivity index (χ3n) is 4.89. The lowest BCUT2D eigenvalue weighted by atomic mass is 9.98. The van der Waals surface area contributed by atoms with Gasteiger partial charge >= 0.3 is 5.97 Å². The number of ketones is 1. The van der Waals surface area contributed by atoms with Crippen LogP contribution in [0.15, 0.2) is 91.1 Å². The summed E-state index contributed by atoms with van der Waals surface area (Å²) in [6.45, 7) is 1.99. The van der Waals surface area contributed by atoms with Gasteiger partial charge in [0.15, 0.2) is 11.5 Å². The first-order valence-electron chi connectivity index (χ1n) is 10.4. The van der Waals surface area contributed by atoms with Gasteiger partial charge in [-0.25, -0.2) is 9.48 Å². The van der Waals surface area contributed by atoms with Gasteiger partial charge in [0.25, 0.3) is 5.91 Å². The number of aromatic nitrogens is 2. The first-order chi connectivity index (χ1) is 16.1. The molecule has 0 fully saturated rings. The minimum Gasteiger partial charge on any atom is -0.461 e. The first kappa shape index (κ1) is 21.7. The van der Waals surface area contributed by atoms with Gasteiger partial charge in [-0.15, -0.1) is 0 Å². The molecule has 0 aliphatic heterocycles. The van der Waals surface area contributed by atoms with Crippen LogP contribution in [-0.2, 0) is 4.74 Å². The van der Waals surface area contributed by atoms with Crippen LogP contribution in [0.4, 0.5) is 5.69 Å². The summed E-state index contributed by atoms with van der Waals surface area (Å²) in [4.78, 5) is 37.8. The SMILES string of the molecule is CCOC(=O)c1ccn(-c2cccc(NC(=O)c3ccccc3C(=O)c3ccccc3)c2)n1. The number of esters is 1. The van der Waals surface area contributed by atoms with Crippen LogP contribution in [0.1, 0.15) is 43.7 Å². The third kappa shape index (κ3) is 4.88. The van der Waals surface area contributed by atoms with Crippen LogP contribution in [0.5, 0.6) is 0 Å². The van der Waals surface area contributed by atoms with Crippen LogP contribution >= 0.6 is 0 Å². The lowest BCUT2D eigenvalue weighted by Crippen LogP contribution is -2.17. The Morgan fingerprint density at radius 2 is 1.61 bits per heavy atom. The van der Waals surface area contributed by atoms with Gasteiger partial charge in [-0.1, -0.05) is 54.6 Å². The number of hydrogen-bond donors (Lipinski definition) is 1. The number of hydrogen-bond acceptors (Lipinski definition) is 5. The molecule has 3 aromatic carbocycles. The molecule has 0 spiro atoms. The zero-order valence-corrected chi connectivity index (χ0v) is 17.9. The Kier molecular flexibility index (Phi) is 6.40. The zero-order chi connectivity index (χ0) is 23.2. The van der Waals surface area contributed by atoms with Gasteiger partial charge in [0.05, 0.1) is 17.9 Å². The summed E-state index contributed by atoms with van der Waals surface area (Å²) in [6, 6.07) is 24.1. The predicted molar refractivity (Wildman–Crippen MR) is 124 cm³/mol. The average molecular weight is 439 g/mol. The van der Waals surface area contributed by atoms with Crippen molar-refractivity contribution < 1.29 is 19.1 Å². The fourth-order valence-corrected chi connectivity index (χ4v) is 3.33. The smallest absolute Gasteiger partial charge is 0.358 e. The zero-order valence-electron chi connectivity index (χ0n) is 17.9. The molecule has 1 N–H and O–H groups in total. The minimum atomic E-state index is -0.500. The summed E-state index contributed by atoms with van der Waals surface area (Å²) < 4.78 is 6.49. The standard InChI is InChI=1S/C26H21N3O4/c1-2-33-26(32)23-15-16-29(28-23)20-12-8-11-19(17-20)27-25(31)22-14-7-6-13-21(22)24(30)18-9-4-3-5-10-18/h3-17H,2H2,1H3,(H,27,31). The molecule has 0 radical (unpaired) electrons. The van der Waals surface area contributed by atoms with Crippen LogP contribution in [0.3, 0.4) is 0 Å². The van der Waals surface area contributed by atoms with Gasteiger partial charge in [0.2, 0.25) is 0 Å². The Hall–Kier alpha value is -4.52. The molecule has 0 atom stereocenters. The summed E-state index contributed by atoms with van der Waals surface area (Å²) in [7, 11) is 0. The molecule has 4 rings (SSSR count). The summed E-state index contributed by atoms with van der Waals surface area (Å²) >= 11 is 0. The molecule has 0 saturated carbocycles. The Balaban J connectivity index is 1.56. The van der Waals surface area contributed by atoms with E-state index in [2.05, 4.69) is 10.4 Å². The molecule has 0 aliphatic carbocycles. The van der Waals surface area contributed by atoms with E-state index >= 15 is 0 Å². The average Bonchev–Trinajstić information content (AvgIpc) is 3.35. The summed E-state index contributed by atoms with van der Waals surface area (Å²) in [6.07, 6.45) is 1.64. The van der Waals surface area contributed by atoms with Gasteiger partial charge in [-0.2, -0.15) is 5.10 Å². The maximum absolute atomic E-state index is 13.0. The highest BCUT2D eigenvalue weighted by atomic mass is 16.5.